The van der Waals surface area contributed by atoms with Crippen LogP contribution in [0.25, 0.3) is 0 Å². The maximum Gasteiger partial charge on any atom is 0.143 e. The van der Waals surface area contributed by atoms with E-state index in [0.29, 0.717) is 0 Å². The van der Waals surface area contributed by atoms with Gasteiger partial charge in [-0.15, -0.1) is 0 Å². The summed E-state index contributed by atoms with van der Waals surface area (Å²) in [6, 6.07) is 6.29. The van der Waals surface area contributed by atoms with Gasteiger partial charge in [-0.3, -0.25) is 0 Å². The molecule has 3 heteroatoms. The molecule has 0 spiro atoms. The van der Waals surface area contributed by atoms with Crippen LogP contribution in [0.4, 0.5) is 5.69 Å². The lowest BCUT2D eigenvalue weighted by atomic mass is 10.0. The maximum atomic E-state index is 5.97. The van der Waals surface area contributed by atoms with Gasteiger partial charge in [0.25, 0.3) is 0 Å². The van der Waals surface area contributed by atoms with Gasteiger partial charge in [0, 0.05) is 26.7 Å². The van der Waals surface area contributed by atoms with Crippen LogP contribution in [0.1, 0.15) is 25.3 Å². The molecule has 1 heterocycles. The van der Waals surface area contributed by atoms with Gasteiger partial charge in [0.15, 0.2) is 0 Å². The fourth-order valence-corrected chi connectivity index (χ4v) is 2.14. The Morgan fingerprint density at radius 2 is 2.29 bits per heavy atom. The minimum atomic E-state index is 0.185. The zero-order valence-electron chi connectivity index (χ0n) is 10.7. The van der Waals surface area contributed by atoms with Gasteiger partial charge in [0.2, 0.25) is 0 Å². The molecule has 1 unspecified atom stereocenters. The van der Waals surface area contributed by atoms with Crippen molar-refractivity contribution in [1.82, 2.24) is 0 Å². The van der Waals surface area contributed by atoms with Crippen molar-refractivity contribution in [3.05, 3.63) is 23.8 Å². The molecule has 0 saturated heterocycles. The summed E-state index contributed by atoms with van der Waals surface area (Å²) in [6.07, 6.45) is 3.45. The van der Waals surface area contributed by atoms with Crippen LogP contribution in [0, 0.1) is 0 Å². The van der Waals surface area contributed by atoms with Crippen molar-refractivity contribution in [3.63, 3.8) is 0 Å². The molecule has 1 aliphatic heterocycles. The summed E-state index contributed by atoms with van der Waals surface area (Å²) in [5, 5.41) is 3.44. The molecule has 0 bridgehead atoms. The number of hydrogen-bond donors (Lipinski definition) is 1. The van der Waals surface area contributed by atoms with Crippen LogP contribution in [0.3, 0.4) is 0 Å². The molecule has 0 radical (unpaired) electrons. The zero-order valence-corrected chi connectivity index (χ0v) is 10.7. The van der Waals surface area contributed by atoms with E-state index in [4.69, 9.17) is 9.47 Å². The SMILES string of the molecule is COCCC(C)Oc1cccc2c1NCCC2. The van der Waals surface area contributed by atoms with Gasteiger partial charge in [-0.05, 0) is 31.4 Å². The highest BCUT2D eigenvalue weighted by molar-refractivity contribution is 5.63. The minimum Gasteiger partial charge on any atom is -0.488 e. The maximum absolute atomic E-state index is 5.97. The van der Waals surface area contributed by atoms with Crippen LogP contribution >= 0.6 is 0 Å². The molecule has 17 heavy (non-hydrogen) atoms. The van der Waals surface area contributed by atoms with Gasteiger partial charge in [0.05, 0.1) is 11.8 Å². The molecular weight excluding hydrogens is 214 g/mol. The Morgan fingerprint density at radius 1 is 1.41 bits per heavy atom. The van der Waals surface area contributed by atoms with Crippen molar-refractivity contribution in [3.8, 4) is 5.75 Å². The Morgan fingerprint density at radius 3 is 3.12 bits per heavy atom. The van der Waals surface area contributed by atoms with Crippen molar-refractivity contribution in [2.45, 2.75) is 32.3 Å². The van der Waals surface area contributed by atoms with E-state index in [-0.39, 0.29) is 6.10 Å². The van der Waals surface area contributed by atoms with Crippen LogP contribution in [0.15, 0.2) is 18.2 Å². The predicted octanol–water partition coefficient (Wildman–Crippen LogP) is 2.85. The van der Waals surface area contributed by atoms with E-state index in [9.17, 15) is 0 Å². The molecule has 2 rings (SSSR count). The second kappa shape index (κ2) is 5.92. The molecular formula is C14H21NO2. The van der Waals surface area contributed by atoms with E-state index in [0.717, 1.165) is 31.7 Å². The highest BCUT2D eigenvalue weighted by Gasteiger charge is 2.14. The first-order valence-corrected chi connectivity index (χ1v) is 6.32. The van der Waals surface area contributed by atoms with Gasteiger partial charge in [0.1, 0.15) is 5.75 Å². The lowest BCUT2D eigenvalue weighted by Gasteiger charge is -2.23. The molecule has 3 nitrogen and oxygen atoms in total. The Kier molecular flexibility index (Phi) is 4.26. The predicted molar refractivity (Wildman–Crippen MR) is 69.8 cm³/mol. The number of benzene rings is 1. The van der Waals surface area contributed by atoms with Crippen LogP contribution < -0.4 is 10.1 Å². The van der Waals surface area contributed by atoms with Crippen molar-refractivity contribution < 1.29 is 9.47 Å². The first-order valence-electron chi connectivity index (χ1n) is 6.32. The summed E-state index contributed by atoms with van der Waals surface area (Å²) in [6.45, 7) is 3.87. The lowest BCUT2D eigenvalue weighted by Crippen LogP contribution is -2.18. The number of hydrogen-bond acceptors (Lipinski definition) is 3. The summed E-state index contributed by atoms with van der Waals surface area (Å²) >= 11 is 0. The normalized spacial score (nSPS) is 15.9. The Hall–Kier alpha value is -1.22. The number of aryl methyl sites for hydroxylation is 1. The second-order valence-corrected chi connectivity index (χ2v) is 4.53. The second-order valence-electron chi connectivity index (χ2n) is 4.53. The van der Waals surface area contributed by atoms with Gasteiger partial charge >= 0.3 is 0 Å². The molecule has 94 valence electrons. The summed E-state index contributed by atoms with van der Waals surface area (Å²) in [4.78, 5) is 0. The molecule has 1 aromatic rings. The van der Waals surface area contributed by atoms with Gasteiger partial charge in [-0.2, -0.15) is 0 Å². The quantitative estimate of drug-likeness (QED) is 0.851. The molecule has 1 aromatic carbocycles. The standard InChI is InChI=1S/C14H21NO2/c1-11(8-10-16-2)17-13-7-3-5-12-6-4-9-15-14(12)13/h3,5,7,11,15H,4,6,8-10H2,1-2H3. The van der Waals surface area contributed by atoms with E-state index < -0.39 is 0 Å². The fourth-order valence-electron chi connectivity index (χ4n) is 2.14. The molecule has 1 aliphatic rings. The highest BCUT2D eigenvalue weighted by Crippen LogP contribution is 2.32. The molecule has 1 N–H and O–H groups in total. The van der Waals surface area contributed by atoms with Gasteiger partial charge in [-0.1, -0.05) is 12.1 Å². The average molecular weight is 235 g/mol. The van der Waals surface area contributed by atoms with E-state index in [2.05, 4.69) is 24.4 Å². The fraction of sp³-hybridized carbons (Fsp3) is 0.571. The number of fused-ring (bicyclic) bond motifs is 1. The van der Waals surface area contributed by atoms with Gasteiger partial charge in [-0.25, -0.2) is 0 Å². The van der Waals surface area contributed by atoms with Crippen LogP contribution in [0.5, 0.6) is 5.75 Å². The Labute approximate surface area is 103 Å². The summed E-state index contributed by atoms with van der Waals surface area (Å²) < 4.78 is 11.0. The van der Waals surface area contributed by atoms with Crippen molar-refractivity contribution in [1.29, 1.82) is 0 Å². The third kappa shape index (κ3) is 3.13. The Balaban J connectivity index is 2.05. The summed E-state index contributed by atoms with van der Waals surface area (Å²) in [5.74, 6) is 0.978. The third-order valence-electron chi connectivity index (χ3n) is 3.09. The number of methoxy groups -OCH3 is 1. The molecule has 0 fully saturated rings. The molecule has 0 aromatic heterocycles. The van der Waals surface area contributed by atoms with E-state index in [1.807, 2.05) is 6.07 Å². The number of anilines is 1. The van der Waals surface area contributed by atoms with Crippen molar-refractivity contribution in [2.75, 3.05) is 25.6 Å². The number of rotatable bonds is 5. The highest BCUT2D eigenvalue weighted by atomic mass is 16.5. The first-order chi connectivity index (χ1) is 8.31. The number of nitrogens with one attached hydrogen (secondary N) is 1. The van der Waals surface area contributed by atoms with Crippen LogP contribution in [0.2, 0.25) is 0 Å². The van der Waals surface area contributed by atoms with Crippen LogP contribution in [-0.4, -0.2) is 26.4 Å². The Bertz CT molecular complexity index is 365. The molecule has 0 saturated carbocycles. The zero-order chi connectivity index (χ0) is 12.1. The lowest BCUT2D eigenvalue weighted by molar-refractivity contribution is 0.135. The van der Waals surface area contributed by atoms with E-state index >= 15 is 0 Å². The first kappa shape index (κ1) is 12.2. The van der Waals surface area contributed by atoms with Crippen molar-refractivity contribution in [2.24, 2.45) is 0 Å². The molecule has 1 atom stereocenters. The van der Waals surface area contributed by atoms with Gasteiger partial charge < -0.3 is 14.8 Å². The molecule has 0 amide bonds. The monoisotopic (exact) mass is 235 g/mol. The van der Waals surface area contributed by atoms with Crippen LogP contribution in [-0.2, 0) is 11.2 Å². The summed E-state index contributed by atoms with van der Waals surface area (Å²) in [5.41, 5.74) is 2.55. The smallest absolute Gasteiger partial charge is 0.143 e. The molecule has 0 aliphatic carbocycles. The summed E-state index contributed by atoms with van der Waals surface area (Å²) in [7, 11) is 1.72. The van der Waals surface area contributed by atoms with E-state index in [1.165, 1.54) is 17.7 Å². The third-order valence-corrected chi connectivity index (χ3v) is 3.09. The topological polar surface area (TPSA) is 30.5 Å². The largest absolute Gasteiger partial charge is 0.488 e. The number of para-hydroxylation sites is 1. The van der Waals surface area contributed by atoms with Crippen molar-refractivity contribution >= 4 is 5.69 Å². The average Bonchev–Trinajstić information content (AvgIpc) is 2.37. The number of ether oxygens (including phenoxy) is 2. The minimum absolute atomic E-state index is 0.185. The van der Waals surface area contributed by atoms with E-state index in [1.54, 1.807) is 7.11 Å².